The molecule has 2 aromatic rings. The van der Waals surface area contributed by atoms with Gasteiger partial charge in [0.2, 0.25) is 5.75 Å². The number of ether oxygens (including phenoxy) is 3. The number of nitrogens with two attached hydrogens (primary N) is 2. The molecule has 196 valence electrons. The second-order valence-corrected chi connectivity index (χ2v) is 7.99. The number of piperazine rings is 1. The normalized spacial score (nSPS) is 13.9. The Bertz CT molecular complexity index is 1120. The molecule has 0 aliphatic carbocycles. The van der Waals surface area contributed by atoms with Crippen molar-refractivity contribution in [2.75, 3.05) is 47.5 Å². The molecule has 0 unspecified atom stereocenters. The Hall–Kier alpha value is -3.61. The molecule has 1 aliphatic rings. The van der Waals surface area contributed by atoms with Crippen LogP contribution in [0.25, 0.3) is 0 Å². The third-order valence-electron chi connectivity index (χ3n) is 5.79. The summed E-state index contributed by atoms with van der Waals surface area (Å²) in [7, 11) is 4.74. The van der Waals surface area contributed by atoms with Crippen LogP contribution in [0.1, 0.15) is 21.5 Å². The Morgan fingerprint density at radius 1 is 0.944 bits per heavy atom. The number of amides is 1. The summed E-state index contributed by atoms with van der Waals surface area (Å²) in [6.45, 7) is 3.86. The highest BCUT2D eigenvalue weighted by atomic mass is 35.5. The zero-order valence-corrected chi connectivity index (χ0v) is 21.2. The number of hydrogen-bond donors (Lipinski definition) is 2. The van der Waals surface area contributed by atoms with Crippen LogP contribution in [0.3, 0.4) is 0 Å². The Kier molecular flexibility index (Phi) is 10.3. The first-order valence-electron chi connectivity index (χ1n) is 10.9. The lowest BCUT2D eigenvalue weighted by Crippen LogP contribution is -2.45. The van der Waals surface area contributed by atoms with Crippen molar-refractivity contribution in [2.24, 2.45) is 16.5 Å². The van der Waals surface area contributed by atoms with E-state index in [-0.39, 0.29) is 29.6 Å². The zero-order chi connectivity index (χ0) is 25.5. The maximum Gasteiger partial charge on any atom is 0.280 e. The van der Waals surface area contributed by atoms with Crippen LogP contribution < -0.4 is 25.7 Å². The molecule has 36 heavy (non-hydrogen) atoms. The number of carbonyl (C=O) groups is 1. The molecule has 3 rings (SSSR count). The number of benzene rings is 2. The Morgan fingerprint density at radius 3 is 2.03 bits per heavy atom. The SMILES string of the molecule is COc1ccc(CN2CCN(Cc3cc(C(=O)N=C(N)N)ccc3[N+](=O)[O-])CC2)c(OC)c1OC.Cl. The second kappa shape index (κ2) is 12.9. The van der Waals surface area contributed by atoms with Crippen molar-refractivity contribution in [3.63, 3.8) is 0 Å². The molecule has 0 aromatic heterocycles. The van der Waals surface area contributed by atoms with Crippen LogP contribution in [0, 0.1) is 10.1 Å². The molecule has 0 spiro atoms. The van der Waals surface area contributed by atoms with Crippen molar-refractivity contribution in [2.45, 2.75) is 13.1 Å². The van der Waals surface area contributed by atoms with Crippen LogP contribution in [0.4, 0.5) is 5.69 Å². The van der Waals surface area contributed by atoms with Crippen LogP contribution in [0.5, 0.6) is 17.2 Å². The van der Waals surface area contributed by atoms with Gasteiger partial charge in [-0.25, -0.2) is 0 Å². The number of nitrogens with zero attached hydrogens (tertiary/aromatic N) is 4. The topological polar surface area (TPSA) is 159 Å². The third-order valence-corrected chi connectivity index (χ3v) is 5.79. The summed E-state index contributed by atoms with van der Waals surface area (Å²) in [5.41, 5.74) is 12.1. The number of aliphatic imine (C=N–C) groups is 1. The molecule has 12 nitrogen and oxygen atoms in total. The predicted molar refractivity (Wildman–Crippen MR) is 137 cm³/mol. The van der Waals surface area contributed by atoms with E-state index >= 15 is 0 Å². The van der Waals surface area contributed by atoms with Crippen molar-refractivity contribution in [3.8, 4) is 17.2 Å². The summed E-state index contributed by atoms with van der Waals surface area (Å²) in [4.78, 5) is 31.1. The molecule has 2 aromatic carbocycles. The number of guanidine groups is 1. The van der Waals surface area contributed by atoms with Crippen LogP contribution in [-0.2, 0) is 13.1 Å². The highest BCUT2D eigenvalue weighted by molar-refractivity contribution is 6.02. The second-order valence-electron chi connectivity index (χ2n) is 7.99. The fraction of sp³-hybridized carbons (Fsp3) is 0.391. The quantitative estimate of drug-likeness (QED) is 0.215. The lowest BCUT2D eigenvalue weighted by Gasteiger charge is -2.35. The van der Waals surface area contributed by atoms with Crippen LogP contribution in [-0.4, -0.2) is 74.1 Å². The van der Waals surface area contributed by atoms with Gasteiger partial charge in [0.05, 0.1) is 26.3 Å². The molecular weight excluding hydrogens is 492 g/mol. The van der Waals surface area contributed by atoms with E-state index in [1.807, 2.05) is 12.1 Å². The van der Waals surface area contributed by atoms with E-state index in [4.69, 9.17) is 25.7 Å². The number of carbonyl (C=O) groups excluding carboxylic acids is 1. The van der Waals surface area contributed by atoms with Crippen LogP contribution >= 0.6 is 12.4 Å². The average molecular weight is 523 g/mol. The van der Waals surface area contributed by atoms with Gasteiger partial charge in [0.15, 0.2) is 17.5 Å². The summed E-state index contributed by atoms with van der Waals surface area (Å²) >= 11 is 0. The lowest BCUT2D eigenvalue weighted by atomic mass is 10.1. The summed E-state index contributed by atoms with van der Waals surface area (Å²) in [6, 6.07) is 7.95. The van der Waals surface area contributed by atoms with E-state index < -0.39 is 10.8 Å². The monoisotopic (exact) mass is 522 g/mol. The molecule has 0 saturated carbocycles. The number of methoxy groups -OCH3 is 3. The van der Waals surface area contributed by atoms with E-state index in [0.29, 0.717) is 49.0 Å². The number of nitro groups is 1. The van der Waals surface area contributed by atoms with Crippen molar-refractivity contribution in [1.82, 2.24) is 9.80 Å². The molecule has 1 fully saturated rings. The minimum Gasteiger partial charge on any atom is -0.493 e. The predicted octanol–water partition coefficient (Wildman–Crippen LogP) is 1.77. The molecule has 1 heterocycles. The minimum atomic E-state index is -0.644. The summed E-state index contributed by atoms with van der Waals surface area (Å²) in [6.07, 6.45) is 0. The van der Waals surface area contributed by atoms with Gasteiger partial charge in [0, 0.05) is 62.0 Å². The zero-order valence-electron chi connectivity index (χ0n) is 20.4. The van der Waals surface area contributed by atoms with Gasteiger partial charge in [-0.15, -0.1) is 12.4 Å². The number of halogens is 1. The molecule has 1 amide bonds. The fourth-order valence-electron chi connectivity index (χ4n) is 4.08. The van der Waals surface area contributed by atoms with E-state index in [9.17, 15) is 14.9 Å². The van der Waals surface area contributed by atoms with Gasteiger partial charge >= 0.3 is 0 Å². The Balaban J connectivity index is 0.00000456. The van der Waals surface area contributed by atoms with E-state index in [0.717, 1.165) is 18.7 Å². The molecule has 13 heteroatoms. The Labute approximate surface area is 215 Å². The molecular formula is C23H31ClN6O6. The first kappa shape index (κ1) is 28.6. The Morgan fingerprint density at radius 2 is 1.53 bits per heavy atom. The smallest absolute Gasteiger partial charge is 0.280 e. The molecule has 1 aliphatic heterocycles. The maximum atomic E-state index is 12.2. The number of rotatable bonds is 9. The van der Waals surface area contributed by atoms with E-state index in [1.165, 1.54) is 18.2 Å². The number of nitro benzene ring substituents is 1. The standard InChI is InChI=1S/C23H30N6O6.ClH/c1-33-19-7-5-16(20(34-2)21(19)35-3)13-27-8-10-28(11-9-27)14-17-12-15(22(30)26-23(24)25)4-6-18(17)29(31)32;/h4-7,12H,8-11,13-14H2,1-3H3,(H4,24,25,26,30);1H. The average Bonchev–Trinajstić information content (AvgIpc) is 2.84. The lowest BCUT2D eigenvalue weighted by molar-refractivity contribution is -0.385. The first-order valence-corrected chi connectivity index (χ1v) is 10.9. The van der Waals surface area contributed by atoms with Crippen LogP contribution in [0.15, 0.2) is 35.3 Å². The molecule has 0 bridgehead atoms. The largest absolute Gasteiger partial charge is 0.493 e. The molecule has 1 saturated heterocycles. The van der Waals surface area contributed by atoms with Crippen molar-refractivity contribution in [3.05, 3.63) is 57.1 Å². The third kappa shape index (κ3) is 6.74. The van der Waals surface area contributed by atoms with Gasteiger partial charge in [0.1, 0.15) is 0 Å². The fourth-order valence-corrected chi connectivity index (χ4v) is 4.08. The molecule has 0 atom stereocenters. The van der Waals surface area contributed by atoms with Crippen molar-refractivity contribution < 1.29 is 23.9 Å². The van der Waals surface area contributed by atoms with Gasteiger partial charge < -0.3 is 25.7 Å². The van der Waals surface area contributed by atoms with E-state index in [1.54, 1.807) is 21.3 Å². The van der Waals surface area contributed by atoms with Crippen molar-refractivity contribution >= 4 is 30.0 Å². The minimum absolute atomic E-state index is 0. The van der Waals surface area contributed by atoms with Gasteiger partial charge in [-0.1, -0.05) is 6.07 Å². The van der Waals surface area contributed by atoms with Gasteiger partial charge in [-0.3, -0.25) is 24.7 Å². The maximum absolute atomic E-state index is 12.2. The number of hydrogen-bond acceptors (Lipinski definition) is 8. The summed E-state index contributed by atoms with van der Waals surface area (Å²) in [5, 5.41) is 11.5. The van der Waals surface area contributed by atoms with Gasteiger partial charge in [-0.2, -0.15) is 4.99 Å². The van der Waals surface area contributed by atoms with E-state index in [2.05, 4.69) is 14.8 Å². The molecule has 4 N–H and O–H groups in total. The van der Waals surface area contributed by atoms with Gasteiger partial charge in [0.25, 0.3) is 11.6 Å². The first-order chi connectivity index (χ1) is 16.8. The molecule has 0 radical (unpaired) electrons. The van der Waals surface area contributed by atoms with Crippen LogP contribution in [0.2, 0.25) is 0 Å². The van der Waals surface area contributed by atoms with Crippen molar-refractivity contribution in [1.29, 1.82) is 0 Å². The highest BCUT2D eigenvalue weighted by Gasteiger charge is 2.24. The summed E-state index contributed by atoms with van der Waals surface area (Å²) in [5.74, 6) is 0.771. The van der Waals surface area contributed by atoms with Gasteiger partial charge in [-0.05, 0) is 18.2 Å². The summed E-state index contributed by atoms with van der Waals surface area (Å²) < 4.78 is 16.4. The highest BCUT2D eigenvalue weighted by Crippen LogP contribution is 2.40.